The van der Waals surface area contributed by atoms with Crippen LogP contribution >= 0.6 is 0 Å². The highest BCUT2D eigenvalue weighted by Gasteiger charge is 2.39. The van der Waals surface area contributed by atoms with E-state index in [4.69, 9.17) is 0 Å². The Morgan fingerprint density at radius 2 is 1.92 bits per heavy atom. The van der Waals surface area contributed by atoms with Crippen LogP contribution in [0.4, 0.5) is 22.0 Å². The quantitative estimate of drug-likeness (QED) is 0.843. The predicted molar refractivity (Wildman–Crippen MR) is 78.8 cm³/mol. The topological polar surface area (TPSA) is 42.0 Å². The minimum absolute atomic E-state index is 0.236. The zero-order valence-corrected chi connectivity index (χ0v) is 12.8. The Morgan fingerprint density at radius 1 is 1.16 bits per heavy atom. The summed E-state index contributed by atoms with van der Waals surface area (Å²) in [5, 5.41) is 2.50. The summed E-state index contributed by atoms with van der Waals surface area (Å²) in [4.78, 5) is 15.5. The summed E-state index contributed by atoms with van der Waals surface area (Å²) < 4.78 is 65.7. The largest absolute Gasteiger partial charge is 0.434 e. The maximum Gasteiger partial charge on any atom is 0.434 e. The first kappa shape index (κ1) is 17.3. The van der Waals surface area contributed by atoms with Gasteiger partial charge in [0.15, 0.2) is 5.69 Å². The molecule has 132 valence electrons. The van der Waals surface area contributed by atoms with Crippen LogP contribution in [0.1, 0.15) is 40.4 Å². The van der Waals surface area contributed by atoms with Gasteiger partial charge in [0.1, 0.15) is 11.6 Å². The van der Waals surface area contributed by atoms with Crippen molar-refractivity contribution >= 4 is 5.91 Å². The Morgan fingerprint density at radius 3 is 2.52 bits per heavy atom. The van der Waals surface area contributed by atoms with E-state index in [0.29, 0.717) is 12.8 Å². The van der Waals surface area contributed by atoms with Crippen molar-refractivity contribution in [2.24, 2.45) is 0 Å². The number of nitrogens with one attached hydrogen (secondary N) is 1. The van der Waals surface area contributed by atoms with Gasteiger partial charge in [0.25, 0.3) is 5.91 Å². The number of nitrogens with zero attached hydrogens (tertiary/aromatic N) is 1. The van der Waals surface area contributed by atoms with E-state index >= 15 is 0 Å². The first-order chi connectivity index (χ1) is 11.8. The molecule has 1 aliphatic carbocycles. The first-order valence-electron chi connectivity index (χ1n) is 7.55. The summed E-state index contributed by atoms with van der Waals surface area (Å²) >= 11 is 0. The highest BCUT2D eigenvalue weighted by atomic mass is 19.4. The van der Waals surface area contributed by atoms with E-state index in [9.17, 15) is 26.7 Å². The second-order valence-electron chi connectivity index (χ2n) is 5.83. The third-order valence-corrected chi connectivity index (χ3v) is 4.27. The van der Waals surface area contributed by atoms with Crippen LogP contribution in [0.5, 0.6) is 0 Å². The van der Waals surface area contributed by atoms with E-state index in [1.54, 1.807) is 0 Å². The molecule has 1 heterocycles. The molecule has 1 N–H and O–H groups in total. The standard InChI is InChI=1S/C17H13F5N2O/c18-9-3-4-10(13(19)8-9)11-5-6-14(11)24-16(25)12-2-1-7-23-15(12)17(20,21)22/h1-4,7-8,11,14H,5-6H2,(H,24,25)/t11-,14-/m1/s1. The first-order valence-corrected chi connectivity index (χ1v) is 7.55. The third-order valence-electron chi connectivity index (χ3n) is 4.27. The number of carbonyl (C=O) groups excluding carboxylic acids is 1. The van der Waals surface area contributed by atoms with E-state index < -0.39 is 46.9 Å². The molecule has 0 bridgehead atoms. The molecule has 25 heavy (non-hydrogen) atoms. The molecular formula is C17H13F5N2O. The van der Waals surface area contributed by atoms with Gasteiger partial charge in [0.2, 0.25) is 0 Å². The number of hydrogen-bond donors (Lipinski definition) is 1. The van der Waals surface area contributed by atoms with Crippen LogP contribution in [-0.4, -0.2) is 16.9 Å². The normalized spacial score (nSPS) is 20.0. The van der Waals surface area contributed by atoms with Crippen LogP contribution < -0.4 is 5.32 Å². The molecular weight excluding hydrogens is 343 g/mol. The Balaban J connectivity index is 1.78. The van der Waals surface area contributed by atoms with Gasteiger partial charge >= 0.3 is 6.18 Å². The molecule has 2 atom stereocenters. The molecule has 0 unspecified atom stereocenters. The fourth-order valence-electron chi connectivity index (χ4n) is 2.91. The monoisotopic (exact) mass is 356 g/mol. The van der Waals surface area contributed by atoms with Crippen molar-refractivity contribution in [1.82, 2.24) is 10.3 Å². The summed E-state index contributed by atoms with van der Waals surface area (Å²) in [6.07, 6.45) is -2.75. The summed E-state index contributed by atoms with van der Waals surface area (Å²) in [5.41, 5.74) is -1.61. The highest BCUT2D eigenvalue weighted by molar-refractivity contribution is 5.95. The van der Waals surface area contributed by atoms with Crippen molar-refractivity contribution in [2.75, 3.05) is 0 Å². The van der Waals surface area contributed by atoms with Crippen molar-refractivity contribution in [3.63, 3.8) is 0 Å². The van der Waals surface area contributed by atoms with E-state index in [2.05, 4.69) is 10.3 Å². The third kappa shape index (κ3) is 3.47. The molecule has 1 saturated carbocycles. The summed E-state index contributed by atoms with van der Waals surface area (Å²) in [6.45, 7) is 0. The van der Waals surface area contributed by atoms with Crippen LogP contribution in [0.3, 0.4) is 0 Å². The van der Waals surface area contributed by atoms with E-state index in [0.717, 1.165) is 24.4 Å². The minimum atomic E-state index is -4.75. The fraction of sp³-hybridized carbons (Fsp3) is 0.294. The fourth-order valence-corrected chi connectivity index (χ4v) is 2.91. The number of alkyl halides is 3. The van der Waals surface area contributed by atoms with E-state index in [1.807, 2.05) is 0 Å². The van der Waals surface area contributed by atoms with E-state index in [-0.39, 0.29) is 5.56 Å². The number of benzene rings is 1. The molecule has 2 aromatic rings. The lowest BCUT2D eigenvalue weighted by Gasteiger charge is -2.37. The molecule has 8 heteroatoms. The Hall–Kier alpha value is -2.51. The van der Waals surface area contributed by atoms with Crippen LogP contribution in [-0.2, 0) is 6.18 Å². The number of amides is 1. The van der Waals surface area contributed by atoms with Gasteiger partial charge in [-0.05, 0) is 36.6 Å². The van der Waals surface area contributed by atoms with Crippen molar-refractivity contribution < 1.29 is 26.7 Å². The summed E-state index contributed by atoms with van der Waals surface area (Å²) in [7, 11) is 0. The second kappa shape index (κ2) is 6.42. The van der Waals surface area contributed by atoms with Crippen LogP contribution in [0.25, 0.3) is 0 Å². The van der Waals surface area contributed by atoms with Crippen LogP contribution in [0, 0.1) is 11.6 Å². The Bertz CT molecular complexity index is 806. The van der Waals surface area contributed by atoms with Crippen LogP contribution in [0.15, 0.2) is 36.5 Å². The van der Waals surface area contributed by atoms with Gasteiger partial charge in [-0.15, -0.1) is 0 Å². The molecule has 1 fully saturated rings. The van der Waals surface area contributed by atoms with Crippen molar-refractivity contribution in [3.05, 3.63) is 65.0 Å². The zero-order chi connectivity index (χ0) is 18.2. The molecule has 0 saturated heterocycles. The average Bonchev–Trinajstić information content (AvgIpc) is 2.53. The lowest BCUT2D eigenvalue weighted by atomic mass is 9.74. The lowest BCUT2D eigenvalue weighted by molar-refractivity contribution is -0.141. The second-order valence-corrected chi connectivity index (χ2v) is 5.83. The van der Waals surface area contributed by atoms with Gasteiger partial charge in [-0.25, -0.2) is 8.78 Å². The number of aromatic nitrogens is 1. The maximum atomic E-state index is 13.9. The van der Waals surface area contributed by atoms with Gasteiger partial charge in [0.05, 0.1) is 5.56 Å². The zero-order valence-electron chi connectivity index (χ0n) is 12.8. The molecule has 1 aromatic carbocycles. The van der Waals surface area contributed by atoms with Gasteiger partial charge in [-0.1, -0.05) is 6.07 Å². The smallest absolute Gasteiger partial charge is 0.349 e. The van der Waals surface area contributed by atoms with Gasteiger partial charge in [-0.3, -0.25) is 9.78 Å². The molecule has 0 spiro atoms. The molecule has 1 aliphatic rings. The number of carbonyl (C=O) groups is 1. The van der Waals surface area contributed by atoms with Crippen molar-refractivity contribution in [2.45, 2.75) is 31.0 Å². The number of hydrogen-bond acceptors (Lipinski definition) is 2. The Labute approximate surface area is 139 Å². The van der Waals surface area contributed by atoms with E-state index in [1.165, 1.54) is 12.1 Å². The van der Waals surface area contributed by atoms with Crippen LogP contribution in [0.2, 0.25) is 0 Å². The predicted octanol–water partition coefficient (Wildman–Crippen LogP) is 4.05. The molecule has 1 aromatic heterocycles. The van der Waals surface area contributed by atoms with Crippen molar-refractivity contribution in [3.8, 4) is 0 Å². The maximum absolute atomic E-state index is 13.9. The highest BCUT2D eigenvalue weighted by Crippen LogP contribution is 2.39. The van der Waals surface area contributed by atoms with Gasteiger partial charge in [-0.2, -0.15) is 13.2 Å². The number of halogens is 5. The molecule has 1 amide bonds. The molecule has 3 rings (SSSR count). The summed E-state index contributed by atoms with van der Waals surface area (Å²) in [5.74, 6) is -2.78. The molecule has 0 radical (unpaired) electrons. The van der Waals surface area contributed by atoms with Gasteiger partial charge in [0, 0.05) is 24.2 Å². The summed E-state index contributed by atoms with van der Waals surface area (Å²) in [6, 6.07) is 4.90. The van der Waals surface area contributed by atoms with Gasteiger partial charge < -0.3 is 5.32 Å². The number of pyridine rings is 1. The lowest BCUT2D eigenvalue weighted by Crippen LogP contribution is -2.46. The Kier molecular flexibility index (Phi) is 4.45. The minimum Gasteiger partial charge on any atom is -0.349 e. The van der Waals surface area contributed by atoms with Crippen molar-refractivity contribution in [1.29, 1.82) is 0 Å². The average molecular weight is 356 g/mol. The molecule has 3 nitrogen and oxygen atoms in total. The number of rotatable bonds is 3. The SMILES string of the molecule is O=C(N[C@@H]1CC[C@@H]1c1ccc(F)cc1F)c1cccnc1C(F)(F)F. The molecule has 0 aliphatic heterocycles.